The second kappa shape index (κ2) is 10.1. The van der Waals surface area contributed by atoms with Gasteiger partial charge in [-0.2, -0.15) is 0 Å². The molecule has 0 bridgehead atoms. The van der Waals surface area contributed by atoms with Crippen molar-refractivity contribution < 1.29 is 9.72 Å². The van der Waals surface area contributed by atoms with Crippen molar-refractivity contribution in [1.29, 1.82) is 0 Å². The van der Waals surface area contributed by atoms with E-state index in [0.29, 0.717) is 31.5 Å². The summed E-state index contributed by atoms with van der Waals surface area (Å²) in [5.41, 5.74) is 2.13. The molecule has 1 rings (SSSR count). The second-order valence-electron chi connectivity index (χ2n) is 5.50. The molecule has 4 heteroatoms. The van der Waals surface area contributed by atoms with Gasteiger partial charge in [-0.25, -0.2) is 0 Å². The van der Waals surface area contributed by atoms with Crippen LogP contribution in [0.15, 0.2) is 24.3 Å². The van der Waals surface area contributed by atoms with Gasteiger partial charge < -0.3 is 0 Å². The number of carbonyl (C=O) groups excluding carboxylic acids is 1. The van der Waals surface area contributed by atoms with Gasteiger partial charge in [0.2, 0.25) is 6.54 Å². The normalized spacial score (nSPS) is 10.5. The summed E-state index contributed by atoms with van der Waals surface area (Å²) in [7, 11) is 0. The maximum Gasteiger partial charge on any atom is 0.204 e. The van der Waals surface area contributed by atoms with Gasteiger partial charge in [-0.1, -0.05) is 50.5 Å². The third-order valence-corrected chi connectivity index (χ3v) is 3.54. The van der Waals surface area contributed by atoms with Crippen molar-refractivity contribution in [2.45, 2.75) is 58.3 Å². The Labute approximate surface area is 126 Å². The zero-order chi connectivity index (χ0) is 15.5. The quantitative estimate of drug-likeness (QED) is 0.352. The molecule has 0 aliphatic carbocycles. The number of aryl methyl sites for hydroxylation is 1. The number of nitro groups is 1. The topological polar surface area (TPSA) is 60.2 Å². The maximum absolute atomic E-state index is 11.8. The van der Waals surface area contributed by atoms with Gasteiger partial charge in [0.15, 0.2) is 0 Å². The molecule has 0 heterocycles. The first-order valence-electron chi connectivity index (χ1n) is 7.83. The molecule has 0 saturated carbocycles. The molecule has 0 radical (unpaired) electrons. The van der Waals surface area contributed by atoms with Gasteiger partial charge in [0.25, 0.3) is 0 Å². The zero-order valence-electron chi connectivity index (χ0n) is 12.8. The van der Waals surface area contributed by atoms with Crippen LogP contribution in [0, 0.1) is 10.1 Å². The van der Waals surface area contributed by atoms with Crippen LogP contribution in [0.25, 0.3) is 0 Å². The van der Waals surface area contributed by atoms with Crippen LogP contribution in [0.1, 0.15) is 56.6 Å². The minimum absolute atomic E-state index is 0.0119. The maximum atomic E-state index is 11.8. The number of hydrogen-bond donors (Lipinski definition) is 0. The number of carbonyl (C=O) groups is 1. The summed E-state index contributed by atoms with van der Waals surface area (Å²) in [5.74, 6) is 0.298. The smallest absolute Gasteiger partial charge is 0.204 e. The number of unbranched alkanes of at least 4 members (excludes halogenated alkanes) is 3. The van der Waals surface area contributed by atoms with E-state index in [4.69, 9.17) is 0 Å². The van der Waals surface area contributed by atoms with E-state index in [9.17, 15) is 14.9 Å². The molecule has 0 saturated heterocycles. The van der Waals surface area contributed by atoms with Gasteiger partial charge in [0, 0.05) is 24.2 Å². The van der Waals surface area contributed by atoms with Crippen molar-refractivity contribution in [2.75, 3.05) is 6.54 Å². The Kier molecular flexibility index (Phi) is 8.32. The molecule has 0 N–H and O–H groups in total. The van der Waals surface area contributed by atoms with Crippen LogP contribution in [0.2, 0.25) is 0 Å². The molecule has 0 aliphatic heterocycles. The predicted octanol–water partition coefficient (Wildman–Crippen LogP) is 3.98. The molecule has 0 unspecified atom stereocenters. The van der Waals surface area contributed by atoms with E-state index in [1.807, 2.05) is 24.3 Å². The van der Waals surface area contributed by atoms with E-state index >= 15 is 0 Å². The molecule has 116 valence electrons. The molecule has 0 atom stereocenters. The Hall–Kier alpha value is -1.71. The average molecular weight is 291 g/mol. The Morgan fingerprint density at radius 2 is 1.71 bits per heavy atom. The largest absolute Gasteiger partial charge is 0.299 e. The summed E-state index contributed by atoms with van der Waals surface area (Å²) in [5, 5.41) is 10.3. The number of rotatable bonds is 11. The summed E-state index contributed by atoms with van der Waals surface area (Å²) < 4.78 is 0. The molecule has 1 aromatic rings. The molecule has 0 amide bonds. The highest BCUT2D eigenvalue weighted by Crippen LogP contribution is 2.10. The van der Waals surface area contributed by atoms with Crippen molar-refractivity contribution in [3.63, 3.8) is 0 Å². The van der Waals surface area contributed by atoms with Crippen LogP contribution < -0.4 is 0 Å². The van der Waals surface area contributed by atoms with Gasteiger partial charge in [-0.15, -0.1) is 0 Å². The van der Waals surface area contributed by atoms with Crippen LogP contribution in [-0.4, -0.2) is 17.3 Å². The van der Waals surface area contributed by atoms with Crippen molar-refractivity contribution >= 4 is 5.78 Å². The van der Waals surface area contributed by atoms with Gasteiger partial charge in [0.05, 0.1) is 0 Å². The highest BCUT2D eigenvalue weighted by atomic mass is 16.6. The zero-order valence-corrected chi connectivity index (χ0v) is 12.8. The standard InChI is InChI=1S/C17H25NO3/c1-2-3-4-5-8-17(19)14-16-11-9-15(10-12-16)7-6-13-18(20)21/h9-12H,2-8,13-14H2,1H3. The Morgan fingerprint density at radius 3 is 2.33 bits per heavy atom. The summed E-state index contributed by atoms with van der Waals surface area (Å²) in [6, 6.07) is 7.87. The highest BCUT2D eigenvalue weighted by Gasteiger charge is 2.04. The lowest BCUT2D eigenvalue weighted by molar-refractivity contribution is -0.480. The van der Waals surface area contributed by atoms with Gasteiger partial charge in [-0.3, -0.25) is 14.9 Å². The Balaban J connectivity index is 2.29. The monoisotopic (exact) mass is 291 g/mol. The fraction of sp³-hybridized carbons (Fsp3) is 0.588. The molecular weight excluding hydrogens is 266 g/mol. The minimum Gasteiger partial charge on any atom is -0.299 e. The van der Waals surface area contributed by atoms with Crippen LogP contribution in [0.4, 0.5) is 0 Å². The lowest BCUT2D eigenvalue weighted by atomic mass is 10.0. The summed E-state index contributed by atoms with van der Waals surface area (Å²) in [6.45, 7) is 2.17. The fourth-order valence-electron chi connectivity index (χ4n) is 2.30. The first-order chi connectivity index (χ1) is 10.1. The number of Topliss-reactive ketones (excluding diaryl/α,β-unsaturated/α-hetero) is 1. The second-order valence-corrected chi connectivity index (χ2v) is 5.50. The van der Waals surface area contributed by atoms with E-state index in [1.165, 1.54) is 12.8 Å². The summed E-state index contributed by atoms with van der Waals surface area (Å²) >= 11 is 0. The van der Waals surface area contributed by atoms with Crippen LogP contribution in [0.3, 0.4) is 0 Å². The average Bonchev–Trinajstić information content (AvgIpc) is 2.45. The molecule has 1 aromatic carbocycles. The van der Waals surface area contributed by atoms with Crippen LogP contribution >= 0.6 is 0 Å². The van der Waals surface area contributed by atoms with Crippen LogP contribution in [0.5, 0.6) is 0 Å². The van der Waals surface area contributed by atoms with Gasteiger partial charge in [-0.05, 0) is 24.0 Å². The first-order valence-corrected chi connectivity index (χ1v) is 7.83. The number of hydrogen-bond acceptors (Lipinski definition) is 3. The van der Waals surface area contributed by atoms with Gasteiger partial charge >= 0.3 is 0 Å². The third-order valence-electron chi connectivity index (χ3n) is 3.54. The molecule has 0 fully saturated rings. The number of nitrogens with zero attached hydrogens (tertiary/aromatic N) is 1. The molecule has 0 aliphatic rings. The fourth-order valence-corrected chi connectivity index (χ4v) is 2.30. The predicted molar refractivity (Wildman–Crippen MR) is 84.1 cm³/mol. The molecule has 21 heavy (non-hydrogen) atoms. The number of ketones is 1. The lowest BCUT2D eigenvalue weighted by Gasteiger charge is -2.04. The van der Waals surface area contributed by atoms with Crippen molar-refractivity contribution in [3.8, 4) is 0 Å². The molecule has 4 nitrogen and oxygen atoms in total. The Morgan fingerprint density at radius 1 is 1.05 bits per heavy atom. The van der Waals surface area contributed by atoms with Crippen molar-refractivity contribution in [2.24, 2.45) is 0 Å². The van der Waals surface area contributed by atoms with E-state index in [2.05, 4.69) is 6.92 Å². The summed E-state index contributed by atoms with van der Waals surface area (Å²) in [4.78, 5) is 21.8. The van der Waals surface area contributed by atoms with E-state index in [0.717, 1.165) is 24.0 Å². The van der Waals surface area contributed by atoms with E-state index in [1.54, 1.807) is 0 Å². The molecular formula is C17H25NO3. The van der Waals surface area contributed by atoms with Crippen molar-refractivity contribution in [1.82, 2.24) is 0 Å². The minimum atomic E-state index is -0.286. The lowest BCUT2D eigenvalue weighted by Crippen LogP contribution is -2.03. The molecule has 0 spiro atoms. The van der Waals surface area contributed by atoms with E-state index < -0.39 is 0 Å². The van der Waals surface area contributed by atoms with Crippen molar-refractivity contribution in [3.05, 3.63) is 45.5 Å². The SMILES string of the molecule is CCCCCCC(=O)Cc1ccc(CCC[N+](=O)[O-])cc1. The Bertz CT molecular complexity index is 440. The summed E-state index contributed by atoms with van der Waals surface area (Å²) in [6.07, 6.45) is 6.96. The number of benzene rings is 1. The third kappa shape index (κ3) is 8.23. The highest BCUT2D eigenvalue weighted by molar-refractivity contribution is 5.80. The molecule has 0 aromatic heterocycles. The van der Waals surface area contributed by atoms with Gasteiger partial charge in [0.1, 0.15) is 5.78 Å². The van der Waals surface area contributed by atoms with Crippen LogP contribution in [-0.2, 0) is 17.6 Å². The van der Waals surface area contributed by atoms with E-state index in [-0.39, 0.29) is 11.5 Å². The first kappa shape index (κ1) is 17.3.